The van der Waals surface area contributed by atoms with Gasteiger partial charge in [0.1, 0.15) is 0 Å². The molecule has 11 aliphatic rings. The van der Waals surface area contributed by atoms with E-state index in [2.05, 4.69) is 86.5 Å². The summed E-state index contributed by atoms with van der Waals surface area (Å²) in [6, 6.07) is 32.9. The second kappa shape index (κ2) is 49.1. The van der Waals surface area contributed by atoms with Gasteiger partial charge in [-0.3, -0.25) is 38.4 Å². The van der Waals surface area contributed by atoms with E-state index in [0.29, 0.717) is 46.6 Å². The van der Waals surface area contributed by atoms with E-state index in [4.69, 9.17) is 10.2 Å². The van der Waals surface area contributed by atoms with Gasteiger partial charge in [-0.1, -0.05) is 279 Å². The molecule has 4 unspecified atom stereocenters. The normalized spacial score (nSPS) is 22.6. The average Bonchev–Trinajstić information content (AvgIpc) is 1.19. The van der Waals surface area contributed by atoms with Crippen LogP contribution in [0.5, 0.6) is 0 Å². The van der Waals surface area contributed by atoms with Crippen LogP contribution in [0.2, 0.25) is 0 Å². The lowest BCUT2D eigenvalue weighted by molar-refractivity contribution is -0.231. The van der Waals surface area contributed by atoms with E-state index >= 15 is 0 Å². The summed E-state index contributed by atoms with van der Waals surface area (Å²) in [5.41, 5.74) is 6.34. The summed E-state index contributed by atoms with van der Waals surface area (Å²) in [5, 5.41) is 11.5. The number of alkyl halides is 6. The van der Waals surface area contributed by atoms with Crippen LogP contribution in [0.25, 0.3) is 21.1 Å². The van der Waals surface area contributed by atoms with Crippen LogP contribution in [-0.2, 0) is 57.7 Å². The van der Waals surface area contributed by atoms with E-state index in [-0.39, 0.29) is 61.5 Å². The van der Waals surface area contributed by atoms with Crippen molar-refractivity contribution in [3.05, 3.63) is 130 Å². The van der Waals surface area contributed by atoms with E-state index < -0.39 is 55.0 Å². The highest BCUT2D eigenvalue weighted by molar-refractivity contribution is 7.18. The number of aromatic nitrogens is 2. The second-order valence-corrected chi connectivity index (χ2v) is 52.2. The van der Waals surface area contributed by atoms with Gasteiger partial charge in [-0.05, 0) is 190 Å². The molecule has 798 valence electrons. The number of aryl methyl sites for hydroxylation is 1. The molecule has 1 N–H and O–H groups in total. The van der Waals surface area contributed by atoms with Gasteiger partial charge in [-0.25, -0.2) is 4.98 Å². The minimum absolute atomic E-state index is 0.176. The van der Waals surface area contributed by atoms with Crippen LogP contribution < -0.4 is 4.90 Å². The number of thiazole rings is 1. The number of carbonyl (C=O) groups is 8. The van der Waals surface area contributed by atoms with Gasteiger partial charge in [0.05, 0.1) is 38.7 Å². The molecular weight excluding hydrogens is 1850 g/mol. The summed E-state index contributed by atoms with van der Waals surface area (Å²) in [6.45, 7) is 56.8. The van der Waals surface area contributed by atoms with E-state index in [1.54, 1.807) is 11.3 Å². The zero-order valence-electron chi connectivity index (χ0n) is 91.8. The van der Waals surface area contributed by atoms with Gasteiger partial charge in [-0.2, -0.15) is 31.6 Å². The number of benzene rings is 4. The molecule has 6 saturated heterocycles. The Morgan fingerprint density at radius 3 is 1.15 bits per heavy atom. The quantitative estimate of drug-likeness (QED) is 0.162. The maximum atomic E-state index is 12.7. The number of hydrogen-bond acceptors (Lipinski definition) is 11. The van der Waals surface area contributed by atoms with Crippen molar-refractivity contribution in [1.29, 1.82) is 5.26 Å². The Morgan fingerprint density at radius 1 is 0.354 bits per heavy atom. The van der Waals surface area contributed by atoms with Crippen molar-refractivity contribution in [3.8, 4) is 6.07 Å². The minimum Gasteiger partial charge on any atom is -0.361 e. The van der Waals surface area contributed by atoms with E-state index in [9.17, 15) is 64.7 Å². The number of halogens is 6. The number of carbonyl (C=O) groups excluding carboxylic acids is 8. The molecule has 2 aromatic heterocycles. The Morgan fingerprint density at radius 2 is 0.729 bits per heavy atom. The first-order chi connectivity index (χ1) is 67.0. The lowest BCUT2D eigenvalue weighted by atomic mass is 9.74. The van der Waals surface area contributed by atoms with Gasteiger partial charge >= 0.3 is 12.4 Å². The number of amides is 8. The summed E-state index contributed by atoms with van der Waals surface area (Å²) in [7, 11) is 0. The number of nitrogens with zero attached hydrogens (tertiary/aromatic N) is 10. The van der Waals surface area contributed by atoms with Gasteiger partial charge in [0.15, 0.2) is 0 Å². The first-order valence-electron chi connectivity index (χ1n) is 54.0. The van der Waals surface area contributed by atoms with Crippen molar-refractivity contribution < 1.29 is 64.7 Å². The van der Waals surface area contributed by atoms with Crippen LogP contribution >= 0.6 is 11.3 Å². The Labute approximate surface area is 862 Å². The minimum atomic E-state index is -4.74. The molecule has 10 heterocycles. The number of hydrogen-bond donors (Lipinski definition) is 1. The van der Waals surface area contributed by atoms with Crippen molar-refractivity contribution in [2.24, 2.45) is 90.7 Å². The first kappa shape index (κ1) is 117. The zero-order valence-corrected chi connectivity index (χ0v) is 92.6. The first-order valence-corrected chi connectivity index (χ1v) is 54.8. The standard InChI is InChI=1S/C18H24N2O.C17H22N2OS.C15H18N2O.C14H19NO.3C14H25NO.C12H17F6NO/c1-18(2,3)17(21)20-10-8-13(9-11-20)15-12-19-16-7-5-4-6-14(15)16;1-17(2,3)16(20)19-10-8-12(9-11-19)15-18-13-6-4-5-7-14(13)21-15;1-15(2,3)14(18)17-7-6-12-5-4-11(9-16)8-13(12)10-17;1-14(2,3)13(16)15-10-6-8-11-7-4-5-9-12(11)15;3*1-14(2,3)13(16)15-9-8-11-6-4-5-7-12(11)10-15;1-10(2,3)9(20)19-5-7(11(13,14)15)4-8(6-19)12(16,17)18/h4-7,12-13,19H,8-11H2,1-3H3;4-7,12H,8-11H2,1-3H3;4-5,8H,6-7,10H2,1-3H3;4-5,7,9H,6,8,10H2,1-3H3;3*11-12H,4-10H2,1-3H3;7-8H,4-6H2,1-3H3/t;;;;11-,12+;11-,12-;;/m....11../s1. The lowest BCUT2D eigenvalue weighted by Gasteiger charge is -2.43. The van der Waals surface area contributed by atoms with Gasteiger partial charge < -0.3 is 44.2 Å². The number of aromatic amines is 1. The lowest BCUT2D eigenvalue weighted by Crippen LogP contribution is -2.53. The molecule has 144 heavy (non-hydrogen) atoms. The predicted octanol–water partition coefficient (Wildman–Crippen LogP) is 26.3. The number of H-pyrrole nitrogens is 1. The molecular formula is C118H175F6N11O8S. The molecule has 3 saturated carbocycles. The van der Waals surface area contributed by atoms with Gasteiger partial charge in [0.2, 0.25) is 47.3 Å². The fourth-order valence-corrected chi connectivity index (χ4v) is 23.7. The third-order valence-corrected chi connectivity index (χ3v) is 32.0. The molecule has 3 aliphatic carbocycles. The molecule has 17 rings (SSSR count). The highest BCUT2D eigenvalue weighted by atomic mass is 32.1. The van der Waals surface area contributed by atoms with Crippen molar-refractivity contribution in [3.63, 3.8) is 0 Å². The Kier molecular flexibility index (Phi) is 39.9. The van der Waals surface area contributed by atoms with Gasteiger partial charge in [0.25, 0.3) is 0 Å². The number of fused-ring (bicyclic) bond motifs is 7. The second-order valence-electron chi connectivity index (χ2n) is 51.2. The summed E-state index contributed by atoms with van der Waals surface area (Å²) in [5.74, 6) is 3.23. The van der Waals surface area contributed by atoms with Crippen molar-refractivity contribution in [2.45, 2.75) is 345 Å². The molecule has 0 bridgehead atoms. The number of para-hydroxylation sites is 3. The van der Waals surface area contributed by atoms with Crippen LogP contribution in [0, 0.1) is 102 Å². The molecule has 26 heteroatoms. The Hall–Kier alpha value is -8.86. The zero-order chi connectivity index (χ0) is 106. The van der Waals surface area contributed by atoms with E-state index in [1.807, 2.05) is 201 Å². The fourth-order valence-electron chi connectivity index (χ4n) is 22.6. The molecule has 9 fully saturated rings. The number of rotatable bonds is 2. The summed E-state index contributed by atoms with van der Waals surface area (Å²) in [6.07, 6.45) is 19.2. The van der Waals surface area contributed by atoms with Crippen LogP contribution in [0.1, 0.15) is 346 Å². The average molecular weight is 2020 g/mol. The molecule has 19 nitrogen and oxygen atoms in total. The summed E-state index contributed by atoms with van der Waals surface area (Å²) in [4.78, 5) is 121. The van der Waals surface area contributed by atoms with E-state index in [1.165, 1.54) is 154 Å². The number of likely N-dealkylation sites (tertiary alicyclic amines) is 6. The van der Waals surface area contributed by atoms with Crippen LogP contribution in [-0.4, -0.2) is 196 Å². The number of nitriles is 1. The maximum absolute atomic E-state index is 12.7. The van der Waals surface area contributed by atoms with Crippen molar-refractivity contribution in [1.82, 2.24) is 44.3 Å². The number of anilines is 1. The van der Waals surface area contributed by atoms with Crippen molar-refractivity contribution >= 4 is 85.4 Å². The molecule has 8 aliphatic heterocycles. The molecule has 8 amide bonds. The van der Waals surface area contributed by atoms with Crippen LogP contribution in [0.3, 0.4) is 0 Å². The van der Waals surface area contributed by atoms with Gasteiger partial charge in [-0.15, -0.1) is 11.3 Å². The SMILES string of the molecule is CC(C)(C)C(=O)N1CC(C(F)(F)F)CC(C(F)(F)F)C1.CC(C)(C)C(=O)N1CCC(c2c[nH]c3ccccc23)CC1.CC(C)(C)C(=O)N1CCC(c2nc3ccccc3s2)CC1.CC(C)(C)C(=O)N1CCC2CCCCC2C1.CC(C)(C)C(=O)N1CCCc2ccccc21.CC(C)(C)C(=O)N1CC[C@H]2CCCC[C@@H]2C1.CC(C)(C)C(=O)N1CC[C@H]2CCCC[C@H]2C1.CC(C)(C)C(=O)N1CCc2ccc(C#N)cc2C1. The summed E-state index contributed by atoms with van der Waals surface area (Å²) < 4.78 is 77.6. The van der Waals surface area contributed by atoms with Crippen LogP contribution in [0.4, 0.5) is 32.0 Å². The molecule has 4 aromatic carbocycles. The van der Waals surface area contributed by atoms with Gasteiger partial charge in [0, 0.05) is 170 Å². The molecule has 8 atom stereocenters. The third-order valence-electron chi connectivity index (χ3n) is 30.8. The smallest absolute Gasteiger partial charge is 0.361 e. The largest absolute Gasteiger partial charge is 0.393 e. The highest BCUT2D eigenvalue weighted by Gasteiger charge is 2.54. The fraction of sp³-hybridized carbons (Fsp3) is 0.695. The van der Waals surface area contributed by atoms with Crippen LogP contribution in [0.15, 0.2) is 97.2 Å². The molecule has 0 radical (unpaired) electrons. The van der Waals surface area contributed by atoms with E-state index in [0.717, 1.165) is 176 Å². The summed E-state index contributed by atoms with van der Waals surface area (Å²) >= 11 is 1.80. The predicted molar refractivity (Wildman–Crippen MR) is 568 cm³/mol. The van der Waals surface area contributed by atoms with Crippen molar-refractivity contribution in [2.75, 3.05) is 96.5 Å². The monoisotopic (exact) mass is 2020 g/mol. The Balaban J connectivity index is 0.000000169. The number of piperidine rings is 6. The number of nitrogens with one attached hydrogen (secondary N) is 1. The molecule has 0 spiro atoms. The molecule has 6 aromatic rings. The maximum Gasteiger partial charge on any atom is 0.393 e. The third kappa shape index (κ3) is 32.6. The highest BCUT2D eigenvalue weighted by Crippen LogP contribution is 2.46. The topological polar surface area (TPSA) is 215 Å². The Bertz CT molecular complexity index is 5110.